The van der Waals surface area contributed by atoms with Crippen molar-refractivity contribution in [3.63, 3.8) is 0 Å². The van der Waals surface area contributed by atoms with Crippen LogP contribution in [-0.2, 0) is 0 Å². The second-order valence-corrected chi connectivity index (χ2v) is 7.38. The zero-order chi connectivity index (χ0) is 19.4. The molecular weight excluding hydrogens is 432 g/mol. The molecule has 0 radical (unpaired) electrons. The molecule has 2 aromatic rings. The predicted molar refractivity (Wildman–Crippen MR) is 110 cm³/mol. The molecule has 0 saturated carbocycles. The third-order valence-corrected chi connectivity index (χ3v) is 4.81. The van der Waals surface area contributed by atoms with Gasteiger partial charge in [0, 0.05) is 37.4 Å². The van der Waals surface area contributed by atoms with Gasteiger partial charge in [-0.2, -0.15) is 0 Å². The lowest BCUT2D eigenvalue weighted by molar-refractivity contribution is 0.0664. The zero-order valence-corrected chi connectivity index (χ0v) is 17.1. The van der Waals surface area contributed by atoms with Crippen LogP contribution in [0.2, 0.25) is 0 Å². The molecule has 2 amide bonds. The lowest BCUT2D eigenvalue weighted by atomic mass is 10.1. The highest BCUT2D eigenvalue weighted by Gasteiger charge is 2.20. The summed E-state index contributed by atoms with van der Waals surface area (Å²) in [5.41, 5.74) is 1.20. The second-order valence-electron chi connectivity index (χ2n) is 6.19. The number of carbonyl (C=O) groups is 2. The number of carbonyl (C=O) groups excluding carboxylic acids is 2. The summed E-state index contributed by atoms with van der Waals surface area (Å²) >= 11 is 8.31. The topological polar surface area (TPSA) is 77.8 Å². The van der Waals surface area contributed by atoms with Crippen molar-refractivity contribution in [1.29, 1.82) is 0 Å². The van der Waals surface area contributed by atoms with Crippen LogP contribution in [0.25, 0.3) is 0 Å². The number of hydrogen-bond acceptors (Lipinski definition) is 5. The van der Waals surface area contributed by atoms with E-state index >= 15 is 0 Å². The van der Waals surface area contributed by atoms with E-state index in [1.165, 1.54) is 6.07 Å². The average Bonchev–Trinajstić information content (AvgIpc) is 3.08. The van der Waals surface area contributed by atoms with Crippen molar-refractivity contribution in [2.75, 3.05) is 38.5 Å². The number of likely N-dealkylation sites (N-methyl/N-ethyl adjacent to an activating group) is 1. The number of benzene rings is 1. The van der Waals surface area contributed by atoms with Gasteiger partial charge in [0.25, 0.3) is 11.8 Å². The van der Waals surface area contributed by atoms with Gasteiger partial charge in [-0.15, -0.1) is 0 Å². The minimum atomic E-state index is -0.456. The largest absolute Gasteiger partial charge is 0.444 e. The van der Waals surface area contributed by atoms with Gasteiger partial charge in [-0.3, -0.25) is 14.9 Å². The molecule has 9 heteroatoms. The van der Waals surface area contributed by atoms with Gasteiger partial charge < -0.3 is 19.5 Å². The van der Waals surface area contributed by atoms with Crippen molar-refractivity contribution in [2.24, 2.45) is 0 Å². The Hall–Kier alpha value is -2.23. The molecule has 0 spiro atoms. The van der Waals surface area contributed by atoms with E-state index in [0.29, 0.717) is 29.0 Å². The van der Waals surface area contributed by atoms with E-state index in [1.54, 1.807) is 30.3 Å². The first-order chi connectivity index (χ1) is 12.9. The lowest BCUT2D eigenvalue weighted by Crippen LogP contribution is -2.47. The first-order valence-corrected chi connectivity index (χ1v) is 9.58. The smallest absolute Gasteiger partial charge is 0.293 e. The maximum atomic E-state index is 12.7. The molecule has 7 nitrogen and oxygen atoms in total. The highest BCUT2D eigenvalue weighted by atomic mass is 79.9. The van der Waals surface area contributed by atoms with Gasteiger partial charge in [0.05, 0.1) is 0 Å². The minimum absolute atomic E-state index is 0.0119. The van der Waals surface area contributed by atoms with Crippen LogP contribution in [0.1, 0.15) is 20.9 Å². The van der Waals surface area contributed by atoms with Crippen molar-refractivity contribution < 1.29 is 14.0 Å². The summed E-state index contributed by atoms with van der Waals surface area (Å²) in [4.78, 5) is 28.8. The van der Waals surface area contributed by atoms with Crippen LogP contribution in [0.3, 0.4) is 0 Å². The number of thiocarbonyl (C=S) groups is 1. The van der Waals surface area contributed by atoms with E-state index in [2.05, 4.69) is 31.5 Å². The van der Waals surface area contributed by atoms with Gasteiger partial charge in [0.15, 0.2) is 15.5 Å². The van der Waals surface area contributed by atoms with Crippen molar-refractivity contribution in [2.45, 2.75) is 0 Å². The van der Waals surface area contributed by atoms with Crippen molar-refractivity contribution in [3.8, 4) is 0 Å². The molecule has 2 N–H and O–H groups in total. The molecule has 27 heavy (non-hydrogen) atoms. The molecule has 1 saturated heterocycles. The number of hydrogen-bond donors (Lipinski definition) is 2. The number of halogens is 1. The summed E-state index contributed by atoms with van der Waals surface area (Å²) < 4.78 is 5.65. The molecule has 1 fully saturated rings. The minimum Gasteiger partial charge on any atom is -0.444 e. The van der Waals surface area contributed by atoms with Crippen LogP contribution >= 0.6 is 28.1 Å². The first-order valence-electron chi connectivity index (χ1n) is 8.38. The normalized spacial score (nSPS) is 14.7. The number of rotatable bonds is 3. The summed E-state index contributed by atoms with van der Waals surface area (Å²) in [6.07, 6.45) is 0. The fraction of sp³-hybridized carbons (Fsp3) is 0.278. The summed E-state index contributed by atoms with van der Waals surface area (Å²) in [5.74, 6) is -0.324. The van der Waals surface area contributed by atoms with Crippen LogP contribution in [0.4, 0.5) is 5.69 Å². The number of nitrogens with one attached hydrogen (secondary N) is 2. The van der Waals surface area contributed by atoms with Gasteiger partial charge in [0.2, 0.25) is 0 Å². The lowest BCUT2D eigenvalue weighted by Gasteiger charge is -2.32. The van der Waals surface area contributed by atoms with Crippen LogP contribution in [0.15, 0.2) is 45.5 Å². The quantitative estimate of drug-likeness (QED) is 0.699. The molecule has 0 bridgehead atoms. The number of piperazine rings is 1. The standard InChI is InChI=1S/C18H19BrN4O3S/c1-22-7-9-23(10-8-22)17(25)12-3-2-4-13(11-12)20-18(27)21-16(24)14-5-6-15(19)26-14/h2-6,11H,7-10H2,1H3,(H2,20,21,24,27). The van der Waals surface area contributed by atoms with Gasteiger partial charge in [-0.25, -0.2) is 0 Å². The third kappa shape index (κ3) is 5.15. The molecule has 1 aromatic carbocycles. The highest BCUT2D eigenvalue weighted by molar-refractivity contribution is 9.10. The third-order valence-electron chi connectivity index (χ3n) is 4.18. The van der Waals surface area contributed by atoms with Crippen molar-refractivity contribution >= 4 is 50.8 Å². The van der Waals surface area contributed by atoms with Crippen LogP contribution in [-0.4, -0.2) is 60.0 Å². The Morgan fingerprint density at radius 1 is 1.15 bits per heavy atom. The second kappa shape index (κ2) is 8.64. The molecular formula is C18H19BrN4O3S. The number of furan rings is 1. The summed E-state index contributed by atoms with van der Waals surface area (Å²) in [6, 6.07) is 10.2. The Morgan fingerprint density at radius 3 is 2.56 bits per heavy atom. The van der Waals surface area contributed by atoms with Crippen LogP contribution in [0, 0.1) is 0 Å². The maximum absolute atomic E-state index is 12.7. The summed E-state index contributed by atoms with van der Waals surface area (Å²) in [6.45, 7) is 3.14. The fourth-order valence-electron chi connectivity index (χ4n) is 2.69. The monoisotopic (exact) mass is 450 g/mol. The van der Waals surface area contributed by atoms with Crippen LogP contribution in [0.5, 0.6) is 0 Å². The Morgan fingerprint density at radius 2 is 1.89 bits per heavy atom. The first kappa shape index (κ1) is 19.5. The molecule has 3 rings (SSSR count). The summed E-state index contributed by atoms with van der Waals surface area (Å²) in [5, 5.41) is 5.58. The van der Waals surface area contributed by atoms with E-state index in [1.807, 2.05) is 11.9 Å². The zero-order valence-electron chi connectivity index (χ0n) is 14.7. The number of anilines is 1. The molecule has 0 unspecified atom stereocenters. The van der Waals surface area contributed by atoms with E-state index in [-0.39, 0.29) is 16.8 Å². The van der Waals surface area contributed by atoms with Crippen molar-refractivity contribution in [3.05, 3.63) is 52.4 Å². The van der Waals surface area contributed by atoms with E-state index < -0.39 is 5.91 Å². The molecule has 2 heterocycles. The van der Waals surface area contributed by atoms with Crippen molar-refractivity contribution in [1.82, 2.24) is 15.1 Å². The molecule has 0 aliphatic carbocycles. The van der Waals surface area contributed by atoms with Gasteiger partial charge >= 0.3 is 0 Å². The van der Waals surface area contributed by atoms with Gasteiger partial charge in [-0.1, -0.05) is 6.07 Å². The van der Waals surface area contributed by atoms with E-state index in [4.69, 9.17) is 16.6 Å². The van der Waals surface area contributed by atoms with Gasteiger partial charge in [-0.05, 0) is 65.5 Å². The fourth-order valence-corrected chi connectivity index (χ4v) is 3.20. The number of amides is 2. The maximum Gasteiger partial charge on any atom is 0.293 e. The molecule has 142 valence electrons. The predicted octanol–water partition coefficient (Wildman–Crippen LogP) is 2.56. The SMILES string of the molecule is CN1CCN(C(=O)c2cccc(NC(=S)NC(=O)c3ccc(Br)o3)c2)CC1. The van der Waals surface area contributed by atoms with Gasteiger partial charge in [0.1, 0.15) is 0 Å². The Bertz CT molecular complexity index is 862. The molecule has 1 aliphatic rings. The Balaban J connectivity index is 1.60. The van der Waals surface area contributed by atoms with Crippen LogP contribution < -0.4 is 10.6 Å². The summed E-state index contributed by atoms with van der Waals surface area (Å²) in [7, 11) is 2.04. The highest BCUT2D eigenvalue weighted by Crippen LogP contribution is 2.15. The average molecular weight is 451 g/mol. The Kier molecular flexibility index (Phi) is 6.25. The molecule has 1 aromatic heterocycles. The molecule has 0 atom stereocenters. The molecule has 1 aliphatic heterocycles. The Labute approximate surface area is 170 Å². The number of nitrogens with zero attached hydrogens (tertiary/aromatic N) is 2. The van der Waals surface area contributed by atoms with E-state index in [9.17, 15) is 9.59 Å². The van der Waals surface area contributed by atoms with E-state index in [0.717, 1.165) is 13.1 Å².